The van der Waals surface area contributed by atoms with Crippen LogP contribution >= 0.6 is 11.6 Å². The fraction of sp³-hybridized carbons (Fsp3) is 0.455. The van der Waals surface area contributed by atoms with E-state index in [1.54, 1.807) is 42.5 Å². The fourth-order valence-electron chi connectivity index (χ4n) is 13.7. The number of carbonyl (C=O) groups is 5. The Hall–Kier alpha value is -6.51. The van der Waals surface area contributed by atoms with Crippen molar-refractivity contribution in [2.24, 2.45) is 11.3 Å². The maximum Gasteiger partial charge on any atom is 0.433 e. The van der Waals surface area contributed by atoms with Gasteiger partial charge in [0.15, 0.2) is 0 Å². The average molecular weight is 1020 g/mol. The lowest BCUT2D eigenvalue weighted by Crippen LogP contribution is -2.60. The Bertz CT molecular complexity index is 3050. The zero-order chi connectivity index (χ0) is 51.2. The highest BCUT2D eigenvalue weighted by atomic mass is 35.5. The molecule has 0 bridgehead atoms. The summed E-state index contributed by atoms with van der Waals surface area (Å²) in [6, 6.07) is 14.2. The molecule has 3 saturated heterocycles. The molecular weight excluding hydrogens is 966 g/mol. The van der Waals surface area contributed by atoms with Crippen LogP contribution in [-0.4, -0.2) is 100 Å². The lowest BCUT2D eigenvalue weighted by Gasteiger charge is -2.52. The number of nitrogens with one attached hydrogen (secondary N) is 3. The van der Waals surface area contributed by atoms with Gasteiger partial charge in [-0.2, -0.15) is 13.2 Å². The molecule has 18 heteroatoms. The molecule has 0 radical (unpaired) electrons. The standard InChI is InChI=1S/C55H54ClF4N7O6/c1-3-67-47(45(35-11-8-12-38(56)46(35)57)54(53(67)19-5-4-6-20-53)30-62-40-26-43(55(58,59)60)61-28-37(40)54)49(70)63-39-16-14-32(25-42(39)73-2)50(71)65-23-21-52(22-24-65)27-33(52)15-13-31-9-7-10-34-36(31)29-66(51(34)72)41-17-18-44(68)64-48(41)69/h7-12,14,16,25-26,28,33,41,45,47,62H,3-6,17-24,27,29-30H2,1-2H3,(H,63,70)(H,64,68,69)/t33-,41-,45-,47+,54+/m0/s1. The van der Waals surface area contributed by atoms with Gasteiger partial charge in [0.25, 0.3) is 11.8 Å². The van der Waals surface area contributed by atoms with Crippen molar-refractivity contribution in [1.29, 1.82) is 0 Å². The van der Waals surface area contributed by atoms with E-state index in [0.29, 0.717) is 54.9 Å². The average Bonchev–Trinajstić information content (AvgIpc) is 3.60. The highest BCUT2D eigenvalue weighted by Crippen LogP contribution is 2.66. The van der Waals surface area contributed by atoms with Crippen LogP contribution in [0.4, 0.5) is 28.9 Å². The number of hydrogen-bond donors (Lipinski definition) is 3. The molecule has 5 amide bonds. The molecule has 73 heavy (non-hydrogen) atoms. The molecular formula is C55H54ClF4N7O6. The van der Waals surface area contributed by atoms with Gasteiger partial charge in [0.2, 0.25) is 17.7 Å². The smallest absolute Gasteiger partial charge is 0.433 e. The minimum absolute atomic E-state index is 0.0332. The van der Waals surface area contributed by atoms with E-state index in [1.807, 2.05) is 17.9 Å². The fourth-order valence-corrected chi connectivity index (χ4v) is 13.9. The van der Waals surface area contributed by atoms with Crippen molar-refractivity contribution in [3.8, 4) is 17.6 Å². The Kier molecular flexibility index (Phi) is 12.1. The van der Waals surface area contributed by atoms with Gasteiger partial charge in [0, 0.05) is 89.5 Å². The summed E-state index contributed by atoms with van der Waals surface area (Å²) in [4.78, 5) is 76.5. The number of nitrogens with zero attached hydrogens (tertiary/aromatic N) is 4. The molecule has 5 aliphatic heterocycles. The number of rotatable bonds is 7. The Morgan fingerprint density at radius 1 is 1.00 bits per heavy atom. The maximum atomic E-state index is 16.7. The van der Waals surface area contributed by atoms with Crippen molar-refractivity contribution >= 4 is 52.5 Å². The number of ether oxygens (including phenoxy) is 1. The minimum Gasteiger partial charge on any atom is -0.495 e. The van der Waals surface area contributed by atoms with Crippen LogP contribution in [0.25, 0.3) is 0 Å². The van der Waals surface area contributed by atoms with Crippen LogP contribution in [0.15, 0.2) is 66.9 Å². The van der Waals surface area contributed by atoms with Gasteiger partial charge >= 0.3 is 6.18 Å². The van der Waals surface area contributed by atoms with Crippen LogP contribution in [0.1, 0.15) is 126 Å². The first kappa shape index (κ1) is 48.7. The van der Waals surface area contributed by atoms with Crippen molar-refractivity contribution in [3.63, 3.8) is 0 Å². The molecule has 380 valence electrons. The topological polar surface area (TPSA) is 153 Å². The SMILES string of the molecule is CCN1[C@@H](C(=O)Nc2ccc(C(=O)N3CCC4(CC3)C[C@@H]4C#Cc3cccc4c3CN([C@H]3CCC(=O)NC3=O)C4=O)cc2OC)[C@H](c2cccc(Cl)c2F)[C@]2(CNc3cc(C(F)(F)F)ncc32)C12CCCCC2. The van der Waals surface area contributed by atoms with Crippen LogP contribution in [0.3, 0.4) is 0 Å². The summed E-state index contributed by atoms with van der Waals surface area (Å²) in [5, 5.41) is 8.55. The number of imide groups is 1. The number of aromatic nitrogens is 1. The minimum atomic E-state index is -4.70. The first-order valence-corrected chi connectivity index (χ1v) is 25.5. The Morgan fingerprint density at radius 3 is 2.49 bits per heavy atom. The second kappa shape index (κ2) is 18.2. The van der Waals surface area contributed by atoms with E-state index >= 15 is 9.18 Å². The van der Waals surface area contributed by atoms with Gasteiger partial charge in [-0.1, -0.05) is 67.8 Å². The van der Waals surface area contributed by atoms with Crippen molar-refractivity contribution in [1.82, 2.24) is 25.0 Å². The highest BCUT2D eigenvalue weighted by Gasteiger charge is 2.72. The van der Waals surface area contributed by atoms with E-state index in [9.17, 15) is 32.3 Å². The largest absolute Gasteiger partial charge is 0.495 e. The number of carbonyl (C=O) groups excluding carboxylic acids is 5. The predicted octanol–water partition coefficient (Wildman–Crippen LogP) is 8.45. The van der Waals surface area contributed by atoms with Crippen LogP contribution in [0.2, 0.25) is 5.02 Å². The lowest BCUT2D eigenvalue weighted by molar-refractivity contribution is -0.141. The molecule has 2 aliphatic carbocycles. The summed E-state index contributed by atoms with van der Waals surface area (Å²) in [5.74, 6) is 3.81. The third kappa shape index (κ3) is 7.84. The quantitative estimate of drug-likeness (QED) is 0.0941. The van der Waals surface area contributed by atoms with Crippen molar-refractivity contribution in [2.75, 3.05) is 43.9 Å². The van der Waals surface area contributed by atoms with E-state index in [-0.39, 0.29) is 77.0 Å². The second-order valence-corrected chi connectivity index (χ2v) is 21.1. The molecule has 7 aliphatic rings. The number of likely N-dealkylation sites (N-methyl/N-ethyl adjacent to an activating group) is 1. The Morgan fingerprint density at radius 2 is 1.77 bits per heavy atom. The molecule has 5 fully saturated rings. The molecule has 2 saturated carbocycles. The van der Waals surface area contributed by atoms with E-state index < -0.39 is 58.5 Å². The molecule has 6 heterocycles. The maximum absolute atomic E-state index is 16.7. The van der Waals surface area contributed by atoms with E-state index in [0.717, 1.165) is 55.7 Å². The third-order valence-corrected chi connectivity index (χ3v) is 17.6. The number of methoxy groups -OCH3 is 1. The number of piperidine rings is 2. The van der Waals surface area contributed by atoms with Gasteiger partial charge in [-0.05, 0) is 104 Å². The van der Waals surface area contributed by atoms with Crippen molar-refractivity contribution in [3.05, 3.63) is 117 Å². The zero-order valence-electron chi connectivity index (χ0n) is 40.4. The van der Waals surface area contributed by atoms with Gasteiger partial charge in [-0.25, -0.2) is 4.39 Å². The number of alkyl halides is 3. The number of amides is 5. The molecule has 3 aromatic carbocycles. The first-order valence-electron chi connectivity index (χ1n) is 25.1. The van der Waals surface area contributed by atoms with E-state index in [1.165, 1.54) is 24.3 Å². The Labute approximate surface area is 424 Å². The second-order valence-electron chi connectivity index (χ2n) is 20.7. The van der Waals surface area contributed by atoms with E-state index in [2.05, 4.69) is 37.7 Å². The first-order chi connectivity index (χ1) is 35.0. The summed E-state index contributed by atoms with van der Waals surface area (Å²) in [5.41, 5.74) is 0.659. The van der Waals surface area contributed by atoms with Crippen LogP contribution in [0, 0.1) is 29.0 Å². The summed E-state index contributed by atoms with van der Waals surface area (Å²) in [7, 11) is 1.45. The zero-order valence-corrected chi connectivity index (χ0v) is 41.2. The Balaban J connectivity index is 0.815. The number of fused-ring (bicyclic) bond motifs is 4. The highest BCUT2D eigenvalue weighted by molar-refractivity contribution is 6.30. The van der Waals surface area contributed by atoms with Gasteiger partial charge in [-0.15, -0.1) is 0 Å². The summed E-state index contributed by atoms with van der Waals surface area (Å²) < 4.78 is 64.7. The van der Waals surface area contributed by atoms with Crippen LogP contribution in [-0.2, 0) is 32.5 Å². The number of benzene rings is 3. The molecule has 5 atom stereocenters. The molecule has 3 spiro atoms. The molecule has 4 aromatic rings. The number of likely N-dealkylation sites (tertiary alicyclic amines) is 2. The van der Waals surface area contributed by atoms with Gasteiger partial charge in [-0.3, -0.25) is 39.2 Å². The van der Waals surface area contributed by atoms with Crippen molar-refractivity contribution in [2.45, 2.75) is 113 Å². The number of hydrogen-bond acceptors (Lipinski definition) is 9. The van der Waals surface area contributed by atoms with Gasteiger partial charge in [0.05, 0.1) is 23.9 Å². The summed E-state index contributed by atoms with van der Waals surface area (Å²) >= 11 is 6.48. The summed E-state index contributed by atoms with van der Waals surface area (Å²) in [6.07, 6.45) is 3.18. The molecule has 13 nitrogen and oxygen atoms in total. The number of anilines is 2. The predicted molar refractivity (Wildman–Crippen MR) is 262 cm³/mol. The monoisotopic (exact) mass is 1020 g/mol. The third-order valence-electron chi connectivity index (χ3n) is 17.3. The normalized spacial score (nSPS) is 25.8. The van der Waals surface area contributed by atoms with Crippen LogP contribution in [0.5, 0.6) is 5.75 Å². The summed E-state index contributed by atoms with van der Waals surface area (Å²) in [6.45, 7) is 3.72. The number of halogens is 5. The van der Waals surface area contributed by atoms with Crippen molar-refractivity contribution < 1.29 is 46.3 Å². The van der Waals surface area contributed by atoms with Gasteiger partial charge in [0.1, 0.15) is 23.3 Å². The van der Waals surface area contributed by atoms with Crippen LogP contribution < -0.4 is 20.7 Å². The lowest BCUT2D eigenvalue weighted by atomic mass is 9.56. The number of pyridine rings is 1. The molecule has 3 N–H and O–H groups in total. The van der Waals surface area contributed by atoms with E-state index in [4.69, 9.17) is 16.3 Å². The van der Waals surface area contributed by atoms with Gasteiger partial charge < -0.3 is 25.2 Å². The molecule has 11 rings (SSSR count). The molecule has 0 unspecified atom stereocenters. The molecule has 1 aromatic heterocycles.